The van der Waals surface area contributed by atoms with Gasteiger partial charge < -0.3 is 15.0 Å². The van der Waals surface area contributed by atoms with Gasteiger partial charge in [-0.1, -0.05) is 61.5 Å². The Bertz CT molecular complexity index is 1430. The summed E-state index contributed by atoms with van der Waals surface area (Å²) >= 11 is 0. The van der Waals surface area contributed by atoms with Crippen molar-refractivity contribution in [1.29, 1.82) is 0 Å². The Kier molecular flexibility index (Phi) is 10.6. The molecule has 0 radical (unpaired) electrons. The van der Waals surface area contributed by atoms with E-state index in [0.717, 1.165) is 15.4 Å². The predicted octanol–water partition coefficient (Wildman–Crippen LogP) is 5.31. The normalized spacial score (nSPS) is 12.3. The number of rotatable bonds is 12. The second-order valence-electron chi connectivity index (χ2n) is 10.8. The van der Waals surface area contributed by atoms with E-state index in [1.54, 1.807) is 42.5 Å². The number of para-hydroxylation sites is 2. The summed E-state index contributed by atoms with van der Waals surface area (Å²) in [7, 11) is -4.18. The van der Waals surface area contributed by atoms with Crippen molar-refractivity contribution < 1.29 is 22.7 Å². The van der Waals surface area contributed by atoms with E-state index >= 15 is 0 Å². The lowest BCUT2D eigenvalue weighted by molar-refractivity contribution is -0.141. The minimum Gasteiger partial charge on any atom is -0.492 e. The Balaban J connectivity index is 2.12. The first-order valence-corrected chi connectivity index (χ1v) is 15.3. The third-order valence-corrected chi connectivity index (χ3v) is 8.30. The highest BCUT2D eigenvalue weighted by molar-refractivity contribution is 7.92. The van der Waals surface area contributed by atoms with Gasteiger partial charge in [0.1, 0.15) is 18.3 Å². The molecule has 3 aromatic rings. The molecule has 3 aromatic carbocycles. The van der Waals surface area contributed by atoms with E-state index in [9.17, 15) is 18.0 Å². The van der Waals surface area contributed by atoms with Gasteiger partial charge in [-0.2, -0.15) is 0 Å². The lowest BCUT2D eigenvalue weighted by Gasteiger charge is -2.35. The summed E-state index contributed by atoms with van der Waals surface area (Å²) < 4.78 is 34.9. The number of anilines is 1. The van der Waals surface area contributed by atoms with Crippen LogP contribution in [0.4, 0.5) is 5.69 Å². The number of hydrogen-bond donors (Lipinski definition) is 1. The number of aryl methyl sites for hydroxylation is 1. The molecule has 1 N–H and O–H groups in total. The van der Waals surface area contributed by atoms with Gasteiger partial charge in [0.15, 0.2) is 0 Å². The van der Waals surface area contributed by atoms with E-state index < -0.39 is 34.1 Å². The Labute approximate surface area is 244 Å². The number of hydrogen-bond acceptors (Lipinski definition) is 5. The molecule has 0 aliphatic carbocycles. The van der Waals surface area contributed by atoms with Crippen LogP contribution in [-0.2, 0) is 26.2 Å². The fourth-order valence-electron chi connectivity index (χ4n) is 4.52. The summed E-state index contributed by atoms with van der Waals surface area (Å²) in [5.74, 6) is -0.464. The third-order valence-electron chi connectivity index (χ3n) is 6.53. The van der Waals surface area contributed by atoms with Crippen LogP contribution >= 0.6 is 0 Å². The zero-order valence-electron chi connectivity index (χ0n) is 24.8. The van der Waals surface area contributed by atoms with Crippen LogP contribution in [-0.4, -0.2) is 49.9 Å². The van der Waals surface area contributed by atoms with Crippen molar-refractivity contribution in [3.8, 4) is 5.75 Å². The average Bonchev–Trinajstić information content (AvgIpc) is 2.92. The molecule has 8 nitrogen and oxygen atoms in total. The molecule has 0 spiro atoms. The molecule has 1 atom stereocenters. The smallest absolute Gasteiger partial charge is 0.264 e. The molecule has 0 aliphatic rings. The minimum atomic E-state index is -4.18. The van der Waals surface area contributed by atoms with Crippen molar-refractivity contribution >= 4 is 27.5 Å². The fourth-order valence-corrected chi connectivity index (χ4v) is 5.96. The Morgan fingerprint density at radius 3 is 2.12 bits per heavy atom. The van der Waals surface area contributed by atoms with Crippen molar-refractivity contribution in [2.24, 2.45) is 0 Å². The van der Waals surface area contributed by atoms with Gasteiger partial charge in [-0.25, -0.2) is 8.42 Å². The zero-order chi connectivity index (χ0) is 30.2. The van der Waals surface area contributed by atoms with Crippen molar-refractivity contribution in [2.75, 3.05) is 17.5 Å². The van der Waals surface area contributed by atoms with E-state index in [4.69, 9.17) is 4.74 Å². The lowest BCUT2D eigenvalue weighted by atomic mass is 10.0. The second kappa shape index (κ2) is 13.7. The van der Waals surface area contributed by atoms with Gasteiger partial charge >= 0.3 is 0 Å². The Morgan fingerprint density at radius 2 is 1.51 bits per heavy atom. The standard InChI is InChI=1S/C32H41N3O5S/c1-7-27(31(37)33-32(4,5)6)34(22-25-17-13-12-16-24(25)3)30(36)23-35(28-20-14-15-21-29(28)40-8-2)41(38,39)26-18-10-9-11-19-26/h9-21,27H,7-8,22-23H2,1-6H3,(H,33,37)/t27-/m0/s1. The summed E-state index contributed by atoms with van der Waals surface area (Å²) in [5, 5.41) is 2.99. The van der Waals surface area contributed by atoms with Crippen LogP contribution in [0.15, 0.2) is 83.8 Å². The third kappa shape index (κ3) is 8.10. The number of nitrogens with one attached hydrogen (secondary N) is 1. The summed E-state index contributed by atoms with van der Waals surface area (Å²) in [4.78, 5) is 29.3. The molecular formula is C32H41N3O5S. The van der Waals surface area contributed by atoms with Crippen LogP contribution in [0.2, 0.25) is 0 Å². The van der Waals surface area contributed by atoms with Gasteiger partial charge in [0.2, 0.25) is 11.8 Å². The van der Waals surface area contributed by atoms with Crippen LogP contribution in [0.1, 0.15) is 52.2 Å². The number of benzene rings is 3. The number of amides is 2. The minimum absolute atomic E-state index is 0.0436. The highest BCUT2D eigenvalue weighted by Gasteiger charge is 2.35. The first-order valence-electron chi connectivity index (χ1n) is 13.8. The van der Waals surface area contributed by atoms with Crippen LogP contribution < -0.4 is 14.4 Å². The maximum atomic E-state index is 14.3. The molecule has 0 saturated heterocycles. The molecule has 220 valence electrons. The first-order chi connectivity index (χ1) is 19.4. The van der Waals surface area contributed by atoms with Gasteiger partial charge in [-0.3, -0.25) is 13.9 Å². The number of carbonyl (C=O) groups is 2. The molecule has 0 bridgehead atoms. The zero-order valence-corrected chi connectivity index (χ0v) is 25.6. The van der Waals surface area contributed by atoms with E-state index in [0.29, 0.717) is 18.8 Å². The molecule has 0 fully saturated rings. The van der Waals surface area contributed by atoms with E-state index in [-0.39, 0.29) is 23.0 Å². The molecule has 0 saturated carbocycles. The predicted molar refractivity (Wildman–Crippen MR) is 162 cm³/mol. The second-order valence-corrected chi connectivity index (χ2v) is 12.7. The number of ether oxygens (including phenoxy) is 1. The summed E-state index contributed by atoms with van der Waals surface area (Å²) in [6.45, 7) is 11.2. The largest absolute Gasteiger partial charge is 0.492 e. The van der Waals surface area contributed by atoms with Crippen LogP contribution in [0.3, 0.4) is 0 Å². The van der Waals surface area contributed by atoms with E-state index in [1.165, 1.54) is 17.0 Å². The van der Waals surface area contributed by atoms with E-state index in [1.807, 2.05) is 65.8 Å². The quantitative estimate of drug-likeness (QED) is 0.314. The van der Waals surface area contributed by atoms with Crippen molar-refractivity contribution in [1.82, 2.24) is 10.2 Å². The topological polar surface area (TPSA) is 96.0 Å². The molecule has 0 aromatic heterocycles. The number of nitrogens with zero attached hydrogens (tertiary/aromatic N) is 2. The van der Waals surface area contributed by atoms with Gasteiger partial charge in [0.05, 0.1) is 17.2 Å². The summed E-state index contributed by atoms with van der Waals surface area (Å²) in [5.41, 5.74) is 1.57. The van der Waals surface area contributed by atoms with E-state index in [2.05, 4.69) is 5.32 Å². The van der Waals surface area contributed by atoms with Gasteiger partial charge in [-0.15, -0.1) is 0 Å². The van der Waals surface area contributed by atoms with Crippen molar-refractivity contribution in [2.45, 2.75) is 71.0 Å². The molecule has 3 rings (SSSR count). The van der Waals surface area contributed by atoms with Gasteiger partial charge in [0, 0.05) is 12.1 Å². The molecule has 0 heterocycles. The molecular weight excluding hydrogens is 538 g/mol. The van der Waals surface area contributed by atoms with Crippen LogP contribution in [0, 0.1) is 6.92 Å². The highest BCUT2D eigenvalue weighted by atomic mass is 32.2. The first kappa shape index (κ1) is 31.7. The number of carbonyl (C=O) groups excluding carboxylic acids is 2. The molecule has 0 unspecified atom stereocenters. The molecule has 9 heteroatoms. The molecule has 0 aliphatic heterocycles. The average molecular weight is 580 g/mol. The van der Waals surface area contributed by atoms with Crippen molar-refractivity contribution in [3.63, 3.8) is 0 Å². The van der Waals surface area contributed by atoms with Gasteiger partial charge in [0.25, 0.3) is 10.0 Å². The Hall–Kier alpha value is -3.85. The van der Waals surface area contributed by atoms with Crippen molar-refractivity contribution in [3.05, 3.63) is 90.0 Å². The maximum Gasteiger partial charge on any atom is 0.264 e. The fraction of sp³-hybridized carbons (Fsp3) is 0.375. The van der Waals surface area contributed by atoms with Gasteiger partial charge in [-0.05, 0) is 76.4 Å². The number of sulfonamides is 1. The highest BCUT2D eigenvalue weighted by Crippen LogP contribution is 2.33. The lowest BCUT2D eigenvalue weighted by Crippen LogP contribution is -2.55. The summed E-state index contributed by atoms with van der Waals surface area (Å²) in [6, 6.07) is 21.6. The van der Waals surface area contributed by atoms with Crippen LogP contribution in [0.25, 0.3) is 0 Å². The summed E-state index contributed by atoms with van der Waals surface area (Å²) in [6.07, 6.45) is 0.348. The Morgan fingerprint density at radius 1 is 0.902 bits per heavy atom. The molecule has 41 heavy (non-hydrogen) atoms. The SMILES string of the molecule is CCOc1ccccc1N(CC(=O)N(Cc1ccccc1C)[C@@H](CC)C(=O)NC(C)(C)C)S(=O)(=O)c1ccccc1. The monoisotopic (exact) mass is 579 g/mol. The molecule has 2 amide bonds. The maximum absolute atomic E-state index is 14.3. The van der Waals surface area contributed by atoms with Crippen LogP contribution in [0.5, 0.6) is 5.75 Å².